The molecular weight excluding hydrogens is 437 g/mol. The molecule has 0 spiro atoms. The van der Waals surface area contributed by atoms with E-state index in [1.165, 1.54) is 40.1 Å². The number of halogens is 1. The van der Waals surface area contributed by atoms with Crippen LogP contribution in [0.1, 0.15) is 37.1 Å². The highest BCUT2D eigenvalue weighted by molar-refractivity contribution is 5.89. The number of unbranched alkanes of at least 4 members (excludes halogenated alkanes) is 1. The van der Waals surface area contributed by atoms with Crippen LogP contribution in [-0.4, -0.2) is 38.3 Å². The third-order valence-electron chi connectivity index (χ3n) is 5.54. The van der Waals surface area contributed by atoms with Gasteiger partial charge in [0.25, 0.3) is 0 Å². The minimum Gasteiger partial charge on any atom is -0.467 e. The van der Waals surface area contributed by atoms with Crippen LogP contribution in [-0.2, 0) is 22.7 Å². The number of carbonyl (C=O) groups is 2. The summed E-state index contributed by atoms with van der Waals surface area (Å²) >= 11 is 0. The Bertz CT molecular complexity index is 1240. The summed E-state index contributed by atoms with van der Waals surface area (Å²) in [6, 6.07) is 15.5. The molecule has 8 nitrogen and oxygen atoms in total. The maximum absolute atomic E-state index is 13.6. The van der Waals surface area contributed by atoms with Gasteiger partial charge in [0.1, 0.15) is 29.7 Å². The van der Waals surface area contributed by atoms with E-state index in [4.69, 9.17) is 4.42 Å². The first-order valence-corrected chi connectivity index (χ1v) is 11.2. The van der Waals surface area contributed by atoms with E-state index >= 15 is 0 Å². The molecule has 34 heavy (non-hydrogen) atoms. The molecule has 2 aromatic carbocycles. The molecule has 0 aliphatic heterocycles. The lowest BCUT2D eigenvalue weighted by atomic mass is 10.0. The van der Waals surface area contributed by atoms with Crippen molar-refractivity contribution in [2.24, 2.45) is 0 Å². The zero-order valence-corrected chi connectivity index (χ0v) is 18.9. The summed E-state index contributed by atoms with van der Waals surface area (Å²) in [5, 5.41) is 11.1. The fourth-order valence-electron chi connectivity index (χ4n) is 3.78. The lowest BCUT2D eigenvalue weighted by Gasteiger charge is -2.31. The lowest BCUT2D eigenvalue weighted by Crippen LogP contribution is -2.45. The topological polar surface area (TPSA) is 93.3 Å². The van der Waals surface area contributed by atoms with Crippen molar-refractivity contribution in [1.82, 2.24) is 25.2 Å². The smallest absolute Gasteiger partial charge is 0.247 e. The Kier molecular flexibility index (Phi) is 7.31. The van der Waals surface area contributed by atoms with Gasteiger partial charge in [-0.3, -0.25) is 9.59 Å². The summed E-state index contributed by atoms with van der Waals surface area (Å²) in [4.78, 5) is 28.4. The van der Waals surface area contributed by atoms with Crippen LogP contribution in [0.15, 0.2) is 71.3 Å². The van der Waals surface area contributed by atoms with E-state index in [9.17, 15) is 14.0 Å². The average molecular weight is 464 g/mol. The van der Waals surface area contributed by atoms with E-state index < -0.39 is 11.9 Å². The molecule has 2 aromatic heterocycles. The third-order valence-corrected chi connectivity index (χ3v) is 5.54. The lowest BCUT2D eigenvalue weighted by molar-refractivity contribution is -0.141. The maximum Gasteiger partial charge on any atom is 0.247 e. The largest absolute Gasteiger partial charge is 0.467 e. The molecule has 0 aliphatic carbocycles. The molecule has 0 fully saturated rings. The van der Waals surface area contributed by atoms with Gasteiger partial charge >= 0.3 is 0 Å². The highest BCUT2D eigenvalue weighted by Crippen LogP contribution is 2.24. The first-order chi connectivity index (χ1) is 16.6. The van der Waals surface area contributed by atoms with E-state index in [0.717, 1.165) is 11.9 Å². The van der Waals surface area contributed by atoms with E-state index in [1.807, 2.05) is 31.2 Å². The van der Waals surface area contributed by atoms with Crippen LogP contribution in [0, 0.1) is 5.82 Å². The first-order valence-electron chi connectivity index (χ1n) is 11.2. The van der Waals surface area contributed by atoms with Gasteiger partial charge in [0.15, 0.2) is 0 Å². The highest BCUT2D eigenvalue weighted by Gasteiger charge is 2.31. The standard InChI is InChI=1S/C25H26FN5O3/c1-2-3-14-30(23(32)17-31-22-9-5-4-8-21(22)28-29-31)24(18-10-12-19(26)13-11-18)25(33)27-16-20-7-6-15-34-20/h4-13,15,24H,2-3,14,16-17H2,1H3,(H,27,33). The summed E-state index contributed by atoms with van der Waals surface area (Å²) in [6.07, 6.45) is 3.06. The van der Waals surface area contributed by atoms with E-state index in [0.29, 0.717) is 29.8 Å². The van der Waals surface area contributed by atoms with Crippen LogP contribution in [0.4, 0.5) is 4.39 Å². The second-order valence-corrected chi connectivity index (χ2v) is 7.93. The van der Waals surface area contributed by atoms with Crippen molar-refractivity contribution in [2.45, 2.75) is 38.9 Å². The van der Waals surface area contributed by atoms with E-state index in [-0.39, 0.29) is 24.9 Å². The Morgan fingerprint density at radius 2 is 1.91 bits per heavy atom. The normalized spacial score (nSPS) is 11.9. The van der Waals surface area contributed by atoms with Gasteiger partial charge < -0.3 is 14.6 Å². The summed E-state index contributed by atoms with van der Waals surface area (Å²) in [5.41, 5.74) is 1.93. The average Bonchev–Trinajstić information content (AvgIpc) is 3.51. The number of rotatable bonds is 10. The summed E-state index contributed by atoms with van der Waals surface area (Å²) < 4.78 is 20.5. The van der Waals surface area contributed by atoms with Gasteiger partial charge in [-0.05, 0) is 48.4 Å². The number of hydrogen-bond acceptors (Lipinski definition) is 5. The molecule has 1 atom stereocenters. The number of nitrogens with zero attached hydrogens (tertiary/aromatic N) is 4. The fourth-order valence-corrected chi connectivity index (χ4v) is 3.78. The van der Waals surface area contributed by atoms with Gasteiger partial charge in [-0.2, -0.15) is 0 Å². The van der Waals surface area contributed by atoms with Crippen molar-refractivity contribution in [1.29, 1.82) is 0 Å². The minimum absolute atomic E-state index is 0.0760. The maximum atomic E-state index is 13.6. The summed E-state index contributed by atoms with van der Waals surface area (Å²) in [6.45, 7) is 2.47. The number of hydrogen-bond donors (Lipinski definition) is 1. The monoisotopic (exact) mass is 463 g/mol. The second kappa shape index (κ2) is 10.7. The number of nitrogens with one attached hydrogen (secondary N) is 1. The number of amides is 2. The molecule has 0 bridgehead atoms. The highest BCUT2D eigenvalue weighted by atomic mass is 19.1. The predicted octanol–water partition coefficient (Wildman–Crippen LogP) is 3.85. The molecule has 0 saturated carbocycles. The molecule has 1 N–H and O–H groups in total. The molecule has 176 valence electrons. The Morgan fingerprint density at radius 1 is 1.12 bits per heavy atom. The second-order valence-electron chi connectivity index (χ2n) is 7.93. The van der Waals surface area contributed by atoms with Gasteiger partial charge in [0.2, 0.25) is 11.8 Å². The number of benzene rings is 2. The Labute approximate surface area is 196 Å². The van der Waals surface area contributed by atoms with Gasteiger partial charge in [-0.25, -0.2) is 9.07 Å². The molecule has 9 heteroatoms. The number of fused-ring (bicyclic) bond motifs is 1. The van der Waals surface area contributed by atoms with Gasteiger partial charge in [0, 0.05) is 6.54 Å². The Hall–Kier alpha value is -4.01. The van der Waals surface area contributed by atoms with Crippen molar-refractivity contribution in [2.75, 3.05) is 6.54 Å². The third kappa shape index (κ3) is 5.31. The van der Waals surface area contributed by atoms with Crippen LogP contribution < -0.4 is 5.32 Å². The molecule has 1 unspecified atom stereocenters. The fraction of sp³-hybridized carbons (Fsp3) is 0.280. The number of aromatic nitrogens is 3. The molecule has 2 heterocycles. The van der Waals surface area contributed by atoms with Crippen LogP contribution in [0.2, 0.25) is 0 Å². The molecular formula is C25H26FN5O3. The quantitative estimate of drug-likeness (QED) is 0.386. The van der Waals surface area contributed by atoms with Gasteiger partial charge in [0.05, 0.1) is 18.3 Å². The summed E-state index contributed by atoms with van der Waals surface area (Å²) in [7, 11) is 0. The molecule has 0 radical (unpaired) electrons. The van der Waals surface area contributed by atoms with E-state index in [1.54, 1.807) is 12.1 Å². The van der Waals surface area contributed by atoms with Crippen molar-refractivity contribution in [3.63, 3.8) is 0 Å². The van der Waals surface area contributed by atoms with Crippen LogP contribution >= 0.6 is 0 Å². The molecule has 4 aromatic rings. The van der Waals surface area contributed by atoms with E-state index in [2.05, 4.69) is 15.6 Å². The van der Waals surface area contributed by atoms with Gasteiger partial charge in [-0.15, -0.1) is 5.10 Å². The van der Waals surface area contributed by atoms with Crippen LogP contribution in [0.3, 0.4) is 0 Å². The molecule has 0 aliphatic rings. The molecule has 4 rings (SSSR count). The van der Waals surface area contributed by atoms with Gasteiger partial charge in [-0.1, -0.05) is 42.8 Å². The Morgan fingerprint density at radius 3 is 2.65 bits per heavy atom. The van der Waals surface area contributed by atoms with Crippen LogP contribution in [0.5, 0.6) is 0 Å². The summed E-state index contributed by atoms with van der Waals surface area (Å²) in [5.74, 6) is -0.492. The number of para-hydroxylation sites is 1. The van der Waals surface area contributed by atoms with Crippen molar-refractivity contribution >= 4 is 22.8 Å². The van der Waals surface area contributed by atoms with Crippen LogP contribution in [0.25, 0.3) is 11.0 Å². The minimum atomic E-state index is -0.940. The molecule has 2 amide bonds. The Balaban J connectivity index is 1.63. The number of furan rings is 1. The van der Waals surface area contributed by atoms with Crippen molar-refractivity contribution in [3.05, 3.63) is 84.1 Å². The SMILES string of the molecule is CCCCN(C(=O)Cn1nnc2ccccc21)C(C(=O)NCc1ccco1)c1ccc(F)cc1. The predicted molar refractivity (Wildman–Crippen MR) is 124 cm³/mol. The first kappa shape index (κ1) is 23.2. The number of carbonyl (C=O) groups excluding carboxylic acids is 2. The zero-order chi connectivity index (χ0) is 23.9. The van der Waals surface area contributed by atoms with Crippen molar-refractivity contribution in [3.8, 4) is 0 Å². The zero-order valence-electron chi connectivity index (χ0n) is 18.9. The van der Waals surface area contributed by atoms with Crippen molar-refractivity contribution < 1.29 is 18.4 Å². The molecule has 0 saturated heterocycles.